The zero-order valence-corrected chi connectivity index (χ0v) is 18.8. The quantitative estimate of drug-likeness (QED) is 0.368. The van der Waals surface area contributed by atoms with E-state index in [4.69, 9.17) is 14.2 Å². The Balaban J connectivity index is 1.86. The van der Waals surface area contributed by atoms with Crippen LogP contribution in [0.15, 0.2) is 47.3 Å². The summed E-state index contributed by atoms with van der Waals surface area (Å²) in [6, 6.07) is 13.0. The Morgan fingerprint density at radius 3 is 2.48 bits per heavy atom. The van der Waals surface area contributed by atoms with E-state index in [-0.39, 0.29) is 28.5 Å². The van der Waals surface area contributed by atoms with Crippen LogP contribution in [0.5, 0.6) is 11.5 Å². The summed E-state index contributed by atoms with van der Waals surface area (Å²) in [5.74, 6) is -0.357. The summed E-state index contributed by atoms with van der Waals surface area (Å²) in [4.78, 5) is 42.5. The number of Topliss-reactive ketones (excluding diaryl/α,β-unsaturated/α-hetero) is 1. The number of hydrogen-bond donors (Lipinski definition) is 1. The van der Waals surface area contributed by atoms with E-state index in [1.807, 2.05) is 36.4 Å². The van der Waals surface area contributed by atoms with Gasteiger partial charge in [0.2, 0.25) is 17.3 Å². The molecule has 5 rings (SSSR count). The number of aromatic nitrogens is 1. The van der Waals surface area contributed by atoms with E-state index in [1.54, 1.807) is 26.8 Å². The normalized spacial score (nSPS) is 17.1. The predicted octanol–water partition coefficient (Wildman–Crippen LogP) is 4.52. The Morgan fingerprint density at radius 1 is 1.12 bits per heavy atom. The highest BCUT2D eigenvalue weighted by Gasteiger charge is 2.47. The molecule has 1 aromatic heterocycles. The molecule has 4 aromatic rings. The minimum absolute atomic E-state index is 0.130. The molecular weight excluding hydrogens is 422 g/mol. The van der Waals surface area contributed by atoms with Crippen LogP contribution < -0.4 is 14.9 Å². The lowest BCUT2D eigenvalue weighted by atomic mass is 9.88. The molecule has 168 valence electrons. The van der Waals surface area contributed by atoms with E-state index in [0.29, 0.717) is 22.2 Å². The maximum atomic E-state index is 13.6. The molecule has 0 saturated heterocycles. The van der Waals surface area contributed by atoms with Crippen LogP contribution in [-0.2, 0) is 9.53 Å². The molecule has 7 heteroatoms. The summed E-state index contributed by atoms with van der Waals surface area (Å²) >= 11 is 0. The first kappa shape index (κ1) is 21.0. The van der Waals surface area contributed by atoms with Crippen LogP contribution in [0.3, 0.4) is 0 Å². The molecule has 0 radical (unpaired) electrons. The number of hydrogen-bond acceptors (Lipinski definition) is 6. The molecule has 33 heavy (non-hydrogen) atoms. The molecular formula is C26H23NO6. The van der Waals surface area contributed by atoms with Gasteiger partial charge >= 0.3 is 5.97 Å². The second-order valence-electron chi connectivity index (χ2n) is 8.69. The van der Waals surface area contributed by atoms with E-state index < -0.39 is 23.5 Å². The lowest BCUT2D eigenvalue weighted by Gasteiger charge is -2.38. The van der Waals surface area contributed by atoms with Crippen LogP contribution in [0.4, 0.5) is 0 Å². The zero-order valence-electron chi connectivity index (χ0n) is 18.8. The van der Waals surface area contributed by atoms with Crippen LogP contribution in [-0.4, -0.2) is 35.6 Å². The topological polar surface area (TPSA) is 94.7 Å². The predicted molar refractivity (Wildman–Crippen MR) is 125 cm³/mol. The van der Waals surface area contributed by atoms with Crippen molar-refractivity contribution in [1.82, 2.24) is 4.98 Å². The van der Waals surface area contributed by atoms with Crippen molar-refractivity contribution >= 4 is 44.3 Å². The minimum atomic E-state index is -1.15. The second kappa shape index (κ2) is 7.33. The second-order valence-corrected chi connectivity index (χ2v) is 8.69. The van der Waals surface area contributed by atoms with E-state index in [1.165, 1.54) is 7.11 Å². The van der Waals surface area contributed by atoms with Crippen molar-refractivity contribution in [3.05, 3.63) is 58.3 Å². The van der Waals surface area contributed by atoms with Crippen LogP contribution in [0.2, 0.25) is 0 Å². The molecule has 3 aromatic carbocycles. The van der Waals surface area contributed by atoms with Crippen LogP contribution >= 0.6 is 0 Å². The molecule has 1 unspecified atom stereocenters. The van der Waals surface area contributed by atoms with Crippen molar-refractivity contribution in [2.24, 2.45) is 0 Å². The highest BCUT2D eigenvalue weighted by Crippen LogP contribution is 2.42. The number of benzene rings is 3. The number of carbonyl (C=O) groups is 2. The largest absolute Gasteiger partial charge is 0.496 e. The Hall–Kier alpha value is -3.87. The molecule has 1 aliphatic rings. The smallest absolute Gasteiger partial charge is 0.306 e. The van der Waals surface area contributed by atoms with Gasteiger partial charge in [-0.1, -0.05) is 31.2 Å². The van der Waals surface area contributed by atoms with Crippen molar-refractivity contribution in [1.29, 1.82) is 0 Å². The van der Waals surface area contributed by atoms with Crippen molar-refractivity contribution in [2.45, 2.75) is 38.9 Å². The van der Waals surface area contributed by atoms with E-state index >= 15 is 0 Å². The fourth-order valence-electron chi connectivity index (χ4n) is 4.47. The highest BCUT2D eigenvalue weighted by atomic mass is 16.6. The molecule has 7 nitrogen and oxygen atoms in total. The SMILES string of the molecule is CCC(=O)OC1C(=O)c2c(cc(OC)c3c(=O)c4cc5ccccc5cc4[nH]c23)OC1(C)C. The Labute approximate surface area is 189 Å². The molecule has 0 aliphatic carbocycles. The van der Waals surface area contributed by atoms with Crippen LogP contribution in [0.1, 0.15) is 37.6 Å². The van der Waals surface area contributed by atoms with E-state index in [9.17, 15) is 14.4 Å². The summed E-state index contributed by atoms with van der Waals surface area (Å²) in [6.07, 6.45) is -1.02. The number of ether oxygens (including phenoxy) is 3. The number of esters is 1. The Kier molecular flexibility index (Phi) is 4.67. The lowest BCUT2D eigenvalue weighted by molar-refractivity contribution is -0.155. The lowest BCUT2D eigenvalue weighted by Crippen LogP contribution is -2.52. The van der Waals surface area contributed by atoms with Gasteiger partial charge in [0.15, 0.2) is 0 Å². The summed E-state index contributed by atoms with van der Waals surface area (Å²) < 4.78 is 17.1. The van der Waals surface area contributed by atoms with Gasteiger partial charge in [-0.05, 0) is 36.8 Å². The van der Waals surface area contributed by atoms with Gasteiger partial charge in [-0.3, -0.25) is 14.4 Å². The minimum Gasteiger partial charge on any atom is -0.496 e. The zero-order chi connectivity index (χ0) is 23.5. The molecule has 0 fully saturated rings. The molecule has 0 saturated carbocycles. The fraction of sp³-hybridized carbons (Fsp3) is 0.269. The van der Waals surface area contributed by atoms with Crippen molar-refractivity contribution in [3.8, 4) is 11.5 Å². The number of aromatic amines is 1. The third-order valence-corrected chi connectivity index (χ3v) is 6.12. The molecule has 0 bridgehead atoms. The van der Waals surface area contributed by atoms with Gasteiger partial charge in [-0.25, -0.2) is 0 Å². The number of nitrogens with one attached hydrogen (secondary N) is 1. The van der Waals surface area contributed by atoms with Gasteiger partial charge in [-0.15, -0.1) is 0 Å². The molecule has 1 aliphatic heterocycles. The van der Waals surface area contributed by atoms with Gasteiger partial charge in [0.1, 0.15) is 17.1 Å². The average Bonchev–Trinajstić information content (AvgIpc) is 2.79. The third-order valence-electron chi connectivity index (χ3n) is 6.12. The molecule has 2 heterocycles. The summed E-state index contributed by atoms with van der Waals surface area (Å²) in [5, 5.41) is 2.61. The number of fused-ring (bicyclic) bond motifs is 5. The highest BCUT2D eigenvalue weighted by molar-refractivity contribution is 6.16. The Morgan fingerprint density at radius 2 is 1.82 bits per heavy atom. The standard InChI is InChI=1S/C26H23NO6/c1-5-19(28)32-25-24(30)21-18(33-26(25,2)3)12-17(31-4)20-22(21)27-16-11-14-9-7-6-8-13(14)10-15(16)23(20)29/h6-12,25H,5H2,1-4H3,(H,27,29). The monoisotopic (exact) mass is 445 g/mol. The van der Waals surface area contributed by atoms with Crippen molar-refractivity contribution in [3.63, 3.8) is 0 Å². The first-order valence-electron chi connectivity index (χ1n) is 10.8. The maximum Gasteiger partial charge on any atom is 0.306 e. The van der Waals surface area contributed by atoms with E-state index in [2.05, 4.69) is 4.98 Å². The summed E-state index contributed by atoms with van der Waals surface area (Å²) in [7, 11) is 1.47. The summed E-state index contributed by atoms with van der Waals surface area (Å²) in [5.41, 5.74) is -0.298. The van der Waals surface area contributed by atoms with Gasteiger partial charge in [0.25, 0.3) is 0 Å². The number of H-pyrrole nitrogens is 1. The summed E-state index contributed by atoms with van der Waals surface area (Å²) in [6.45, 7) is 5.03. The van der Waals surface area contributed by atoms with E-state index in [0.717, 1.165) is 10.8 Å². The molecule has 0 spiro atoms. The number of pyridine rings is 1. The fourth-order valence-corrected chi connectivity index (χ4v) is 4.47. The van der Waals surface area contributed by atoms with Gasteiger partial charge < -0.3 is 19.2 Å². The van der Waals surface area contributed by atoms with Gasteiger partial charge in [-0.2, -0.15) is 0 Å². The van der Waals surface area contributed by atoms with Gasteiger partial charge in [0.05, 0.1) is 29.1 Å². The van der Waals surface area contributed by atoms with Crippen molar-refractivity contribution < 1.29 is 23.8 Å². The third kappa shape index (κ3) is 3.15. The number of ketones is 1. The molecule has 1 N–H and O–H groups in total. The number of carbonyl (C=O) groups excluding carboxylic acids is 2. The first-order chi connectivity index (χ1) is 15.7. The number of methoxy groups -OCH3 is 1. The molecule has 0 amide bonds. The average molecular weight is 445 g/mol. The van der Waals surface area contributed by atoms with Gasteiger partial charge in [0, 0.05) is 17.9 Å². The van der Waals surface area contributed by atoms with Crippen molar-refractivity contribution in [2.75, 3.05) is 7.11 Å². The van der Waals surface area contributed by atoms with Crippen LogP contribution in [0, 0.1) is 0 Å². The number of rotatable bonds is 3. The van der Waals surface area contributed by atoms with Crippen LogP contribution in [0.25, 0.3) is 32.6 Å². The first-order valence-corrected chi connectivity index (χ1v) is 10.8. The maximum absolute atomic E-state index is 13.6. The Bertz CT molecular complexity index is 1530. The molecule has 1 atom stereocenters.